The minimum Gasteiger partial charge on any atom is -0.313 e. The van der Waals surface area contributed by atoms with Gasteiger partial charge in [0, 0.05) is 18.3 Å². The van der Waals surface area contributed by atoms with Crippen LogP contribution in [-0.4, -0.2) is 32.5 Å². The van der Waals surface area contributed by atoms with Crippen LogP contribution in [0.15, 0.2) is 0 Å². The normalized spacial score (nSPS) is 20.9. The lowest BCUT2D eigenvalue weighted by Crippen LogP contribution is -2.41. The van der Waals surface area contributed by atoms with Crippen LogP contribution in [0, 0.1) is 11.3 Å². The number of hydrogen-bond acceptors (Lipinski definition) is 3. The van der Waals surface area contributed by atoms with E-state index in [1.807, 2.05) is 6.92 Å². The summed E-state index contributed by atoms with van der Waals surface area (Å²) in [6.45, 7) is 9.26. The first-order valence-electron chi connectivity index (χ1n) is 7.72. The van der Waals surface area contributed by atoms with E-state index in [0.717, 1.165) is 12.5 Å². The SMILES string of the molecule is CCS(=O)(=O)CC(C)NCC1(CC(C)C)CCCC1. The maximum atomic E-state index is 11.6. The summed E-state index contributed by atoms with van der Waals surface area (Å²) >= 11 is 0. The van der Waals surface area contributed by atoms with Gasteiger partial charge in [0.15, 0.2) is 9.84 Å². The van der Waals surface area contributed by atoms with Gasteiger partial charge in [-0.25, -0.2) is 8.42 Å². The molecule has 0 heterocycles. The lowest BCUT2D eigenvalue weighted by Gasteiger charge is -2.32. The highest BCUT2D eigenvalue weighted by atomic mass is 32.2. The fourth-order valence-electron chi connectivity index (χ4n) is 3.39. The van der Waals surface area contributed by atoms with Gasteiger partial charge in [-0.1, -0.05) is 33.6 Å². The van der Waals surface area contributed by atoms with E-state index < -0.39 is 9.84 Å². The molecule has 0 aromatic carbocycles. The fraction of sp³-hybridized carbons (Fsp3) is 1.00. The molecule has 1 atom stereocenters. The molecule has 0 aromatic rings. The Kier molecular flexibility index (Phi) is 6.31. The van der Waals surface area contributed by atoms with Crippen molar-refractivity contribution < 1.29 is 8.42 Å². The molecule has 1 N–H and O–H groups in total. The van der Waals surface area contributed by atoms with Gasteiger partial charge < -0.3 is 5.32 Å². The van der Waals surface area contributed by atoms with E-state index in [0.29, 0.717) is 5.41 Å². The van der Waals surface area contributed by atoms with Crippen molar-refractivity contribution in [2.45, 2.75) is 65.8 Å². The van der Waals surface area contributed by atoms with Crippen molar-refractivity contribution in [3.05, 3.63) is 0 Å². The van der Waals surface area contributed by atoms with Crippen LogP contribution in [-0.2, 0) is 9.84 Å². The summed E-state index contributed by atoms with van der Waals surface area (Å²) in [7, 11) is -2.87. The van der Waals surface area contributed by atoms with Crippen LogP contribution in [0.4, 0.5) is 0 Å². The largest absolute Gasteiger partial charge is 0.313 e. The van der Waals surface area contributed by atoms with Gasteiger partial charge in [0.2, 0.25) is 0 Å². The quantitative estimate of drug-likeness (QED) is 0.747. The summed E-state index contributed by atoms with van der Waals surface area (Å²) in [6, 6.07) is 0.0644. The van der Waals surface area contributed by atoms with Crippen LogP contribution in [0.1, 0.15) is 59.8 Å². The van der Waals surface area contributed by atoms with Gasteiger partial charge in [0.05, 0.1) is 5.75 Å². The summed E-state index contributed by atoms with van der Waals surface area (Å²) in [4.78, 5) is 0. The second-order valence-corrected chi connectivity index (χ2v) is 9.18. The Bertz CT molecular complexity index is 356. The van der Waals surface area contributed by atoms with E-state index in [1.165, 1.54) is 32.1 Å². The molecule has 1 fully saturated rings. The van der Waals surface area contributed by atoms with Crippen molar-refractivity contribution in [3.63, 3.8) is 0 Å². The van der Waals surface area contributed by atoms with Gasteiger partial charge in [-0.2, -0.15) is 0 Å². The van der Waals surface area contributed by atoms with Gasteiger partial charge in [-0.15, -0.1) is 0 Å². The topological polar surface area (TPSA) is 46.2 Å². The van der Waals surface area contributed by atoms with Gasteiger partial charge >= 0.3 is 0 Å². The zero-order valence-electron chi connectivity index (χ0n) is 13.0. The van der Waals surface area contributed by atoms with E-state index in [4.69, 9.17) is 0 Å². The molecule has 1 aliphatic rings. The first kappa shape index (κ1) is 17.0. The van der Waals surface area contributed by atoms with Crippen LogP contribution in [0.2, 0.25) is 0 Å². The lowest BCUT2D eigenvalue weighted by atomic mass is 9.78. The summed E-state index contributed by atoms with van der Waals surface area (Å²) in [5, 5.41) is 3.48. The van der Waals surface area contributed by atoms with Crippen LogP contribution in [0.3, 0.4) is 0 Å². The monoisotopic (exact) mass is 289 g/mol. The van der Waals surface area contributed by atoms with Gasteiger partial charge in [-0.3, -0.25) is 0 Å². The minimum absolute atomic E-state index is 0.0644. The highest BCUT2D eigenvalue weighted by Gasteiger charge is 2.34. The second-order valence-electron chi connectivity index (χ2n) is 6.79. The van der Waals surface area contributed by atoms with Crippen LogP contribution in [0.25, 0.3) is 0 Å². The summed E-state index contributed by atoms with van der Waals surface area (Å²) < 4.78 is 23.2. The van der Waals surface area contributed by atoms with E-state index in [2.05, 4.69) is 19.2 Å². The van der Waals surface area contributed by atoms with E-state index in [-0.39, 0.29) is 17.5 Å². The molecule has 0 aromatic heterocycles. The highest BCUT2D eigenvalue weighted by molar-refractivity contribution is 7.91. The predicted molar refractivity (Wildman–Crippen MR) is 82.1 cm³/mol. The summed E-state index contributed by atoms with van der Waals surface area (Å²) in [5.74, 6) is 1.23. The lowest BCUT2D eigenvalue weighted by molar-refractivity contribution is 0.218. The molecule has 19 heavy (non-hydrogen) atoms. The molecule has 0 amide bonds. The zero-order valence-corrected chi connectivity index (χ0v) is 13.9. The Morgan fingerprint density at radius 1 is 1.16 bits per heavy atom. The van der Waals surface area contributed by atoms with Gasteiger partial charge in [0.25, 0.3) is 0 Å². The molecule has 114 valence electrons. The van der Waals surface area contributed by atoms with Crippen LogP contribution < -0.4 is 5.32 Å². The van der Waals surface area contributed by atoms with E-state index >= 15 is 0 Å². The third kappa shape index (κ3) is 5.82. The van der Waals surface area contributed by atoms with Crippen molar-refractivity contribution in [2.24, 2.45) is 11.3 Å². The molecular weight excluding hydrogens is 258 g/mol. The maximum absolute atomic E-state index is 11.6. The first-order chi connectivity index (χ1) is 8.79. The van der Waals surface area contributed by atoms with Crippen molar-refractivity contribution in [1.29, 1.82) is 0 Å². The molecule has 1 aliphatic carbocycles. The number of rotatable bonds is 8. The van der Waals surface area contributed by atoms with E-state index in [1.54, 1.807) is 6.92 Å². The standard InChI is InChI=1S/C15H31NO2S/c1-5-19(17,18)11-14(4)16-12-15(10-13(2)3)8-6-7-9-15/h13-14,16H,5-12H2,1-4H3. The highest BCUT2D eigenvalue weighted by Crippen LogP contribution is 2.42. The average molecular weight is 289 g/mol. The Hall–Kier alpha value is -0.0900. The molecule has 4 heteroatoms. The third-order valence-corrected chi connectivity index (χ3v) is 6.16. The minimum atomic E-state index is -2.87. The summed E-state index contributed by atoms with van der Waals surface area (Å²) in [5.41, 5.74) is 0.415. The Balaban J connectivity index is 2.48. The van der Waals surface area contributed by atoms with Gasteiger partial charge in [0.1, 0.15) is 0 Å². The van der Waals surface area contributed by atoms with Crippen molar-refractivity contribution in [2.75, 3.05) is 18.1 Å². The van der Waals surface area contributed by atoms with E-state index in [9.17, 15) is 8.42 Å². The zero-order chi connectivity index (χ0) is 14.5. The third-order valence-electron chi connectivity index (χ3n) is 4.27. The van der Waals surface area contributed by atoms with Crippen LogP contribution >= 0.6 is 0 Å². The number of nitrogens with one attached hydrogen (secondary N) is 1. The Morgan fingerprint density at radius 3 is 2.21 bits per heavy atom. The smallest absolute Gasteiger partial charge is 0.151 e. The Morgan fingerprint density at radius 2 is 1.74 bits per heavy atom. The van der Waals surface area contributed by atoms with Crippen molar-refractivity contribution in [1.82, 2.24) is 5.32 Å². The van der Waals surface area contributed by atoms with Gasteiger partial charge in [-0.05, 0) is 37.5 Å². The number of hydrogen-bond donors (Lipinski definition) is 1. The molecule has 0 spiro atoms. The first-order valence-corrected chi connectivity index (χ1v) is 9.54. The predicted octanol–water partition coefficient (Wildman–Crippen LogP) is 3.01. The molecule has 1 rings (SSSR count). The second kappa shape index (κ2) is 7.07. The molecule has 0 radical (unpaired) electrons. The maximum Gasteiger partial charge on any atom is 0.151 e. The van der Waals surface area contributed by atoms with Crippen molar-refractivity contribution >= 4 is 9.84 Å². The van der Waals surface area contributed by atoms with Crippen molar-refractivity contribution in [3.8, 4) is 0 Å². The molecule has 0 bridgehead atoms. The Labute approximate surface area is 119 Å². The van der Waals surface area contributed by atoms with Crippen LogP contribution in [0.5, 0.6) is 0 Å². The molecule has 1 unspecified atom stereocenters. The molecule has 3 nitrogen and oxygen atoms in total. The summed E-state index contributed by atoms with van der Waals surface area (Å²) in [6.07, 6.45) is 6.51. The average Bonchev–Trinajstić information content (AvgIpc) is 2.74. The molecular formula is C15H31NO2S. The molecule has 0 saturated heterocycles. The number of sulfone groups is 1. The molecule has 0 aliphatic heterocycles. The molecule has 1 saturated carbocycles. The fourth-order valence-corrected chi connectivity index (χ4v) is 4.51.